The molecule has 0 bridgehead atoms. The van der Waals surface area contributed by atoms with Crippen molar-refractivity contribution < 1.29 is 23.9 Å². The van der Waals surface area contributed by atoms with Gasteiger partial charge < -0.3 is 21.1 Å². The van der Waals surface area contributed by atoms with Gasteiger partial charge in [-0.05, 0) is 25.5 Å². The smallest absolute Gasteiger partial charge is 0.308 e. The second kappa shape index (κ2) is 9.41. The minimum absolute atomic E-state index is 0.0161. The first-order valence-corrected chi connectivity index (χ1v) is 7.89. The molecule has 0 aliphatic heterocycles. The number of benzene rings is 1. The summed E-state index contributed by atoms with van der Waals surface area (Å²) in [5.74, 6) is -2.75. The molecule has 1 aromatic rings. The molecule has 2 atom stereocenters. The normalized spacial score (nSPS) is 12.6. The standard InChI is InChI=1S/C17H23N3O5/c1-4-25-17(24)10(2)9-14(15(18)22)20-16(23)12-7-5-6-8-13(12)19-11(3)21/h5-8,10,14H,4,9H2,1-3H3,(H2,18,22)(H,19,21)(H,20,23)/t10-,14+/m0/s1. The lowest BCUT2D eigenvalue weighted by atomic mass is 10.0. The number of anilines is 1. The summed E-state index contributed by atoms with van der Waals surface area (Å²) in [5.41, 5.74) is 5.83. The lowest BCUT2D eigenvalue weighted by Gasteiger charge is -2.19. The van der Waals surface area contributed by atoms with Gasteiger partial charge in [0, 0.05) is 6.92 Å². The number of amides is 3. The molecule has 0 spiro atoms. The van der Waals surface area contributed by atoms with Crippen molar-refractivity contribution in [2.75, 3.05) is 11.9 Å². The highest BCUT2D eigenvalue weighted by atomic mass is 16.5. The Morgan fingerprint density at radius 3 is 2.40 bits per heavy atom. The average Bonchev–Trinajstić information content (AvgIpc) is 2.54. The van der Waals surface area contributed by atoms with Crippen LogP contribution in [0.3, 0.4) is 0 Å². The zero-order chi connectivity index (χ0) is 19.0. The summed E-state index contributed by atoms with van der Waals surface area (Å²) >= 11 is 0. The summed E-state index contributed by atoms with van der Waals surface area (Å²) in [7, 11) is 0. The Balaban J connectivity index is 2.89. The number of hydrogen-bond donors (Lipinski definition) is 3. The van der Waals surface area contributed by atoms with Gasteiger partial charge in [0.15, 0.2) is 0 Å². The summed E-state index contributed by atoms with van der Waals surface area (Å²) in [4.78, 5) is 47.0. The Kier molecular flexibility index (Phi) is 7.58. The number of rotatable bonds is 8. The average molecular weight is 349 g/mol. The van der Waals surface area contributed by atoms with Gasteiger partial charge in [-0.3, -0.25) is 19.2 Å². The summed E-state index contributed by atoms with van der Waals surface area (Å²) in [6.07, 6.45) is 0.0161. The molecule has 25 heavy (non-hydrogen) atoms. The van der Waals surface area contributed by atoms with Crippen molar-refractivity contribution in [1.82, 2.24) is 5.32 Å². The lowest BCUT2D eigenvalue weighted by Crippen LogP contribution is -2.46. The molecule has 0 saturated heterocycles. The monoisotopic (exact) mass is 349 g/mol. The zero-order valence-electron chi connectivity index (χ0n) is 14.5. The maximum atomic E-state index is 12.5. The van der Waals surface area contributed by atoms with Crippen molar-refractivity contribution in [2.45, 2.75) is 33.2 Å². The molecule has 0 heterocycles. The number of esters is 1. The number of carbonyl (C=O) groups is 4. The first-order valence-electron chi connectivity index (χ1n) is 7.89. The van der Waals surface area contributed by atoms with Gasteiger partial charge in [-0.2, -0.15) is 0 Å². The number of para-hydroxylation sites is 1. The molecule has 1 rings (SSSR count). The number of hydrogen-bond acceptors (Lipinski definition) is 5. The molecule has 3 amide bonds. The van der Waals surface area contributed by atoms with Gasteiger partial charge in [0.05, 0.1) is 23.8 Å². The number of primary amides is 1. The maximum absolute atomic E-state index is 12.5. The lowest BCUT2D eigenvalue weighted by molar-refractivity contribution is -0.147. The molecular formula is C17H23N3O5. The van der Waals surface area contributed by atoms with Gasteiger partial charge in [-0.1, -0.05) is 19.1 Å². The van der Waals surface area contributed by atoms with Crippen LogP contribution < -0.4 is 16.4 Å². The number of nitrogens with two attached hydrogens (primary N) is 1. The van der Waals surface area contributed by atoms with Gasteiger partial charge in [-0.25, -0.2) is 0 Å². The van der Waals surface area contributed by atoms with Gasteiger partial charge in [0.25, 0.3) is 5.91 Å². The van der Waals surface area contributed by atoms with E-state index in [0.717, 1.165) is 0 Å². The van der Waals surface area contributed by atoms with E-state index in [9.17, 15) is 19.2 Å². The van der Waals surface area contributed by atoms with Crippen molar-refractivity contribution in [1.29, 1.82) is 0 Å². The van der Waals surface area contributed by atoms with E-state index in [4.69, 9.17) is 10.5 Å². The molecule has 136 valence electrons. The van der Waals surface area contributed by atoms with E-state index in [2.05, 4.69) is 10.6 Å². The van der Waals surface area contributed by atoms with E-state index in [-0.39, 0.29) is 24.5 Å². The van der Waals surface area contributed by atoms with E-state index >= 15 is 0 Å². The number of carbonyl (C=O) groups excluding carboxylic acids is 4. The zero-order valence-corrected chi connectivity index (χ0v) is 14.5. The van der Waals surface area contributed by atoms with Crippen LogP contribution in [0.4, 0.5) is 5.69 Å². The topological polar surface area (TPSA) is 128 Å². The Labute approximate surface area is 146 Å². The quantitative estimate of drug-likeness (QED) is 0.599. The third-order valence-corrected chi connectivity index (χ3v) is 3.41. The summed E-state index contributed by atoms with van der Waals surface area (Å²) in [6, 6.07) is 5.32. The minimum atomic E-state index is -1.04. The highest BCUT2D eigenvalue weighted by molar-refractivity contribution is 6.04. The largest absolute Gasteiger partial charge is 0.466 e. The Morgan fingerprint density at radius 2 is 1.84 bits per heavy atom. The van der Waals surface area contributed by atoms with Crippen molar-refractivity contribution in [3.05, 3.63) is 29.8 Å². The first kappa shape index (κ1) is 20.1. The van der Waals surface area contributed by atoms with Crippen LogP contribution in [0, 0.1) is 5.92 Å². The molecule has 8 nitrogen and oxygen atoms in total. The number of nitrogens with one attached hydrogen (secondary N) is 2. The van der Waals surface area contributed by atoms with Crippen LogP contribution in [0.1, 0.15) is 37.6 Å². The molecule has 0 saturated carbocycles. The molecule has 0 unspecified atom stereocenters. The van der Waals surface area contributed by atoms with Crippen LogP contribution >= 0.6 is 0 Å². The summed E-state index contributed by atoms with van der Waals surface area (Å²) in [5, 5.41) is 5.04. The van der Waals surface area contributed by atoms with Crippen LogP contribution in [0.25, 0.3) is 0 Å². The van der Waals surface area contributed by atoms with Crippen LogP contribution in [0.15, 0.2) is 24.3 Å². The van der Waals surface area contributed by atoms with E-state index in [1.54, 1.807) is 32.0 Å². The first-order chi connectivity index (χ1) is 11.8. The SMILES string of the molecule is CCOC(=O)[C@@H](C)C[C@@H](NC(=O)c1ccccc1NC(C)=O)C(N)=O. The third-order valence-electron chi connectivity index (χ3n) is 3.41. The van der Waals surface area contributed by atoms with Crippen molar-refractivity contribution in [2.24, 2.45) is 11.7 Å². The Bertz CT molecular complexity index is 659. The molecule has 0 aliphatic carbocycles. The molecule has 0 radical (unpaired) electrons. The molecule has 8 heteroatoms. The van der Waals surface area contributed by atoms with Crippen molar-refractivity contribution in [3.8, 4) is 0 Å². The van der Waals surface area contributed by atoms with Crippen molar-refractivity contribution >= 4 is 29.4 Å². The second-order valence-corrected chi connectivity index (χ2v) is 5.54. The summed E-state index contributed by atoms with van der Waals surface area (Å²) in [6.45, 7) is 4.81. The van der Waals surface area contributed by atoms with Gasteiger partial charge in [0.1, 0.15) is 6.04 Å². The van der Waals surface area contributed by atoms with Crippen LogP contribution in [0.5, 0.6) is 0 Å². The fourth-order valence-electron chi connectivity index (χ4n) is 2.20. The molecule has 1 aromatic carbocycles. The van der Waals surface area contributed by atoms with Crippen LogP contribution in [-0.2, 0) is 19.1 Å². The Hall–Kier alpha value is -2.90. The highest BCUT2D eigenvalue weighted by Crippen LogP contribution is 2.16. The summed E-state index contributed by atoms with van der Waals surface area (Å²) < 4.78 is 4.89. The highest BCUT2D eigenvalue weighted by Gasteiger charge is 2.26. The fraction of sp³-hybridized carbons (Fsp3) is 0.412. The molecule has 0 fully saturated rings. The molecule has 0 aromatic heterocycles. The second-order valence-electron chi connectivity index (χ2n) is 5.54. The van der Waals surface area contributed by atoms with E-state index < -0.39 is 29.7 Å². The van der Waals surface area contributed by atoms with Crippen LogP contribution in [-0.4, -0.2) is 36.3 Å². The molecule has 0 aliphatic rings. The predicted molar refractivity (Wildman–Crippen MR) is 91.6 cm³/mol. The third kappa shape index (κ3) is 6.25. The van der Waals surface area contributed by atoms with E-state index in [0.29, 0.717) is 5.69 Å². The maximum Gasteiger partial charge on any atom is 0.308 e. The van der Waals surface area contributed by atoms with Gasteiger partial charge in [0.2, 0.25) is 11.8 Å². The van der Waals surface area contributed by atoms with E-state index in [1.165, 1.54) is 13.0 Å². The Morgan fingerprint density at radius 1 is 1.20 bits per heavy atom. The minimum Gasteiger partial charge on any atom is -0.466 e. The number of ether oxygens (including phenoxy) is 1. The molecule has 4 N–H and O–H groups in total. The van der Waals surface area contributed by atoms with Crippen LogP contribution in [0.2, 0.25) is 0 Å². The fourth-order valence-corrected chi connectivity index (χ4v) is 2.20. The van der Waals surface area contributed by atoms with Gasteiger partial charge >= 0.3 is 5.97 Å². The van der Waals surface area contributed by atoms with Crippen molar-refractivity contribution in [3.63, 3.8) is 0 Å². The predicted octanol–water partition coefficient (Wildman–Crippen LogP) is 0.818. The van der Waals surface area contributed by atoms with Gasteiger partial charge in [-0.15, -0.1) is 0 Å². The van der Waals surface area contributed by atoms with E-state index in [1.807, 2.05) is 0 Å². The molecular weight excluding hydrogens is 326 g/mol.